The Morgan fingerprint density at radius 2 is 1.77 bits per heavy atom. The second kappa shape index (κ2) is 8.20. The predicted octanol–water partition coefficient (Wildman–Crippen LogP) is 4.51. The molecule has 0 aliphatic rings. The quantitative estimate of drug-likeness (QED) is 0.498. The number of hydrogen-bond donors (Lipinski definition) is 1. The molecule has 30 heavy (non-hydrogen) atoms. The van der Waals surface area contributed by atoms with Gasteiger partial charge in [0.05, 0.1) is 5.39 Å². The lowest BCUT2D eigenvalue weighted by Crippen LogP contribution is -2.24. The maximum absolute atomic E-state index is 13.5. The van der Waals surface area contributed by atoms with Crippen molar-refractivity contribution in [2.45, 2.75) is 26.3 Å². The molecule has 1 amide bonds. The van der Waals surface area contributed by atoms with Crippen LogP contribution in [0.5, 0.6) is 0 Å². The molecule has 5 nitrogen and oxygen atoms in total. The minimum absolute atomic E-state index is 0.180. The van der Waals surface area contributed by atoms with Crippen LogP contribution in [0.4, 0.5) is 4.39 Å². The van der Waals surface area contributed by atoms with Crippen molar-refractivity contribution in [2.24, 2.45) is 5.73 Å². The van der Waals surface area contributed by atoms with Gasteiger partial charge in [-0.1, -0.05) is 42.0 Å². The van der Waals surface area contributed by atoms with Gasteiger partial charge in [0.25, 0.3) is 5.56 Å². The number of aryl methyl sites for hydroxylation is 1. The van der Waals surface area contributed by atoms with Gasteiger partial charge in [0.15, 0.2) is 0 Å². The summed E-state index contributed by atoms with van der Waals surface area (Å²) in [5.74, 6) is -0.178. The molecule has 0 atom stereocenters. The average Bonchev–Trinajstić information content (AvgIpc) is 3.15. The van der Waals surface area contributed by atoms with Gasteiger partial charge in [0, 0.05) is 29.5 Å². The highest BCUT2D eigenvalue weighted by atomic mass is 32.1. The number of primary amides is 1. The zero-order valence-electron chi connectivity index (χ0n) is 16.4. The van der Waals surface area contributed by atoms with Crippen LogP contribution in [-0.4, -0.2) is 15.5 Å². The van der Waals surface area contributed by atoms with E-state index in [-0.39, 0.29) is 17.8 Å². The largest absolute Gasteiger partial charge is 0.370 e. The number of rotatable bonds is 6. The maximum Gasteiger partial charge on any atom is 0.263 e. The number of carbonyl (C=O) groups excluding carboxylic acids is 1. The summed E-state index contributed by atoms with van der Waals surface area (Å²) >= 11 is 1.38. The Labute approximate surface area is 176 Å². The van der Waals surface area contributed by atoms with Crippen molar-refractivity contribution >= 4 is 27.5 Å². The Morgan fingerprint density at radius 1 is 1.10 bits per heavy atom. The summed E-state index contributed by atoms with van der Waals surface area (Å²) in [6.07, 6.45) is 0.629. The van der Waals surface area contributed by atoms with Gasteiger partial charge in [0.2, 0.25) is 5.91 Å². The van der Waals surface area contributed by atoms with Crippen LogP contribution in [-0.2, 0) is 11.3 Å². The van der Waals surface area contributed by atoms with Crippen LogP contribution in [0.15, 0.2) is 58.7 Å². The van der Waals surface area contributed by atoms with Crippen molar-refractivity contribution in [2.75, 3.05) is 0 Å². The van der Waals surface area contributed by atoms with E-state index in [0.717, 1.165) is 22.3 Å². The van der Waals surface area contributed by atoms with Crippen LogP contribution < -0.4 is 11.3 Å². The molecule has 0 fully saturated rings. The Kier molecular flexibility index (Phi) is 5.46. The van der Waals surface area contributed by atoms with E-state index in [2.05, 4.69) is 0 Å². The molecule has 0 aliphatic heterocycles. The molecule has 152 valence electrons. The van der Waals surface area contributed by atoms with Gasteiger partial charge in [-0.25, -0.2) is 9.37 Å². The van der Waals surface area contributed by atoms with Crippen LogP contribution in [0.3, 0.4) is 0 Å². The Hall–Kier alpha value is -3.32. The first kappa shape index (κ1) is 20.0. The van der Waals surface area contributed by atoms with Gasteiger partial charge in [-0.2, -0.15) is 0 Å². The molecule has 2 N–H and O–H groups in total. The third-order valence-electron chi connectivity index (χ3n) is 4.96. The number of carbonyl (C=O) groups is 1. The summed E-state index contributed by atoms with van der Waals surface area (Å²) in [5, 5.41) is 2.38. The molecule has 0 bridgehead atoms. The topological polar surface area (TPSA) is 78.0 Å². The van der Waals surface area contributed by atoms with Crippen LogP contribution in [0, 0.1) is 12.7 Å². The van der Waals surface area contributed by atoms with E-state index in [1.54, 1.807) is 16.7 Å². The molecule has 2 aromatic carbocycles. The fraction of sp³-hybridized carbons (Fsp3) is 0.174. The van der Waals surface area contributed by atoms with Crippen LogP contribution in [0.1, 0.15) is 18.4 Å². The van der Waals surface area contributed by atoms with Gasteiger partial charge >= 0.3 is 0 Å². The first-order valence-corrected chi connectivity index (χ1v) is 10.5. The zero-order chi connectivity index (χ0) is 21.3. The van der Waals surface area contributed by atoms with E-state index in [1.807, 2.05) is 36.6 Å². The molecule has 0 saturated carbocycles. The van der Waals surface area contributed by atoms with Crippen molar-refractivity contribution in [3.05, 3.63) is 75.6 Å². The van der Waals surface area contributed by atoms with E-state index in [4.69, 9.17) is 10.7 Å². The number of benzene rings is 2. The van der Waals surface area contributed by atoms with Crippen molar-refractivity contribution < 1.29 is 9.18 Å². The Morgan fingerprint density at radius 3 is 2.43 bits per heavy atom. The molecule has 4 aromatic rings. The minimum atomic E-state index is -0.406. The molecule has 0 unspecified atom stereocenters. The summed E-state index contributed by atoms with van der Waals surface area (Å²) in [6, 6.07) is 13.9. The third kappa shape index (κ3) is 3.89. The Balaban J connectivity index is 1.90. The number of nitrogens with zero attached hydrogens (tertiary/aromatic N) is 2. The maximum atomic E-state index is 13.5. The standard InChI is InChI=1S/C23H20FN3O2S/c1-14-4-6-16(7-5-14)21-26-22-20(23(29)27(21)12-2-3-19(25)28)18(13-30-22)15-8-10-17(24)11-9-15/h4-11,13H,2-3,12H2,1H3,(H2,25,28). The molecule has 4 rings (SSSR count). The van der Waals surface area contributed by atoms with Gasteiger partial charge in [0.1, 0.15) is 16.5 Å². The van der Waals surface area contributed by atoms with Crippen molar-refractivity contribution in [3.8, 4) is 22.5 Å². The van der Waals surface area contributed by atoms with E-state index in [1.165, 1.54) is 23.5 Å². The van der Waals surface area contributed by atoms with E-state index < -0.39 is 5.91 Å². The second-order valence-corrected chi connectivity index (χ2v) is 8.02. The van der Waals surface area contributed by atoms with Gasteiger partial charge in [-0.05, 0) is 31.0 Å². The molecular weight excluding hydrogens is 401 g/mol. The average molecular weight is 421 g/mol. The smallest absolute Gasteiger partial charge is 0.263 e. The minimum Gasteiger partial charge on any atom is -0.370 e. The highest BCUT2D eigenvalue weighted by molar-refractivity contribution is 7.17. The molecule has 0 saturated heterocycles. The number of fused-ring (bicyclic) bond motifs is 1. The van der Waals surface area contributed by atoms with Crippen LogP contribution >= 0.6 is 11.3 Å². The SMILES string of the molecule is Cc1ccc(-c2nc3scc(-c4ccc(F)cc4)c3c(=O)n2CCCC(N)=O)cc1. The lowest BCUT2D eigenvalue weighted by atomic mass is 10.1. The fourth-order valence-corrected chi connectivity index (χ4v) is 4.35. The molecule has 2 heterocycles. The van der Waals surface area contributed by atoms with Gasteiger partial charge in [-0.3, -0.25) is 14.2 Å². The highest BCUT2D eigenvalue weighted by Gasteiger charge is 2.18. The lowest BCUT2D eigenvalue weighted by molar-refractivity contribution is -0.118. The van der Waals surface area contributed by atoms with E-state index in [9.17, 15) is 14.0 Å². The number of hydrogen-bond acceptors (Lipinski definition) is 4. The van der Waals surface area contributed by atoms with E-state index in [0.29, 0.717) is 29.0 Å². The zero-order valence-corrected chi connectivity index (χ0v) is 17.2. The normalized spacial score (nSPS) is 11.1. The first-order chi connectivity index (χ1) is 14.4. The molecule has 2 aromatic heterocycles. The molecule has 0 spiro atoms. The monoisotopic (exact) mass is 421 g/mol. The van der Waals surface area contributed by atoms with Crippen LogP contribution in [0.2, 0.25) is 0 Å². The highest BCUT2D eigenvalue weighted by Crippen LogP contribution is 2.32. The summed E-state index contributed by atoms with van der Waals surface area (Å²) in [7, 11) is 0. The summed E-state index contributed by atoms with van der Waals surface area (Å²) in [4.78, 5) is 30.1. The van der Waals surface area contributed by atoms with Gasteiger partial charge in [-0.15, -0.1) is 11.3 Å². The third-order valence-corrected chi connectivity index (χ3v) is 5.84. The molecule has 0 aliphatic carbocycles. The number of aromatic nitrogens is 2. The number of thiophene rings is 1. The predicted molar refractivity (Wildman–Crippen MR) is 118 cm³/mol. The van der Waals surface area contributed by atoms with Crippen molar-refractivity contribution in [3.63, 3.8) is 0 Å². The molecule has 7 heteroatoms. The number of nitrogens with two attached hydrogens (primary N) is 1. The molecule has 0 radical (unpaired) electrons. The van der Waals surface area contributed by atoms with Gasteiger partial charge < -0.3 is 5.73 Å². The lowest BCUT2D eigenvalue weighted by Gasteiger charge is -2.13. The second-order valence-electron chi connectivity index (χ2n) is 7.16. The van der Waals surface area contributed by atoms with Crippen molar-refractivity contribution in [1.82, 2.24) is 9.55 Å². The summed E-state index contributed by atoms with van der Waals surface area (Å²) in [6.45, 7) is 2.32. The first-order valence-electron chi connectivity index (χ1n) is 9.57. The summed E-state index contributed by atoms with van der Waals surface area (Å²) < 4.78 is 15.0. The molecular formula is C23H20FN3O2S. The number of amides is 1. The van der Waals surface area contributed by atoms with Crippen molar-refractivity contribution in [1.29, 1.82) is 0 Å². The fourth-order valence-electron chi connectivity index (χ4n) is 3.41. The number of halogens is 1. The Bertz CT molecular complexity index is 1280. The summed E-state index contributed by atoms with van der Waals surface area (Å²) in [5.41, 5.74) is 8.52. The van der Waals surface area contributed by atoms with E-state index >= 15 is 0 Å². The van der Waals surface area contributed by atoms with Crippen LogP contribution in [0.25, 0.3) is 32.7 Å².